The Morgan fingerprint density at radius 1 is 1.28 bits per heavy atom. The number of rotatable bonds is 2. The molecular weight excluding hydrogens is 238 g/mol. The van der Waals surface area contributed by atoms with Crippen LogP contribution in [0.3, 0.4) is 0 Å². The molecule has 1 aromatic carbocycles. The lowest BCUT2D eigenvalue weighted by atomic mass is 9.95. The van der Waals surface area contributed by atoms with Crippen LogP contribution >= 0.6 is 0 Å². The van der Waals surface area contributed by atoms with Gasteiger partial charge in [-0.25, -0.2) is 8.78 Å². The summed E-state index contributed by atoms with van der Waals surface area (Å²) in [5, 5.41) is 11.6. The number of halogens is 2. The Kier molecular flexibility index (Phi) is 2.67. The van der Waals surface area contributed by atoms with Gasteiger partial charge in [0, 0.05) is 0 Å². The van der Waals surface area contributed by atoms with Crippen LogP contribution in [-0.4, -0.2) is 18.2 Å². The van der Waals surface area contributed by atoms with Crippen LogP contribution in [0.4, 0.5) is 14.5 Å². The zero-order valence-corrected chi connectivity index (χ0v) is 9.62. The normalized spacial score (nSPS) is 29.3. The highest BCUT2D eigenvalue weighted by atomic mass is 19.2. The van der Waals surface area contributed by atoms with Crippen LogP contribution in [0.15, 0.2) is 12.1 Å². The Morgan fingerprint density at radius 3 is 2.72 bits per heavy atom. The molecule has 0 aromatic heterocycles. The van der Waals surface area contributed by atoms with Crippen molar-refractivity contribution in [2.24, 2.45) is 0 Å². The molecule has 1 N–H and O–H groups in total. The Bertz CT molecular complexity index is 526. The Labute approximate surface area is 103 Å². The molecule has 94 valence electrons. The SMILES string of the molecule is N#Cc1ccc(NC2CC3CCC2O3)c(F)c1F. The van der Waals surface area contributed by atoms with Gasteiger partial charge in [0.05, 0.1) is 29.5 Å². The van der Waals surface area contributed by atoms with Gasteiger partial charge in [0.25, 0.3) is 0 Å². The minimum atomic E-state index is -1.09. The molecule has 0 amide bonds. The van der Waals surface area contributed by atoms with Crippen molar-refractivity contribution in [1.29, 1.82) is 5.26 Å². The third-order valence-electron chi connectivity index (χ3n) is 3.65. The lowest BCUT2D eigenvalue weighted by Crippen LogP contribution is -2.30. The molecule has 2 heterocycles. The number of anilines is 1. The van der Waals surface area contributed by atoms with Crippen LogP contribution in [-0.2, 0) is 4.74 Å². The molecule has 2 bridgehead atoms. The molecule has 2 fully saturated rings. The summed E-state index contributed by atoms with van der Waals surface area (Å²) in [5.74, 6) is -2.08. The average molecular weight is 250 g/mol. The fourth-order valence-corrected chi connectivity index (χ4v) is 2.74. The zero-order chi connectivity index (χ0) is 12.7. The largest absolute Gasteiger partial charge is 0.377 e. The van der Waals surface area contributed by atoms with E-state index in [-0.39, 0.29) is 29.5 Å². The van der Waals surface area contributed by atoms with Crippen molar-refractivity contribution in [1.82, 2.24) is 0 Å². The fourth-order valence-electron chi connectivity index (χ4n) is 2.74. The van der Waals surface area contributed by atoms with Gasteiger partial charge < -0.3 is 10.1 Å². The number of nitrogens with zero attached hydrogens (tertiary/aromatic N) is 1. The zero-order valence-electron chi connectivity index (χ0n) is 9.62. The first kappa shape index (κ1) is 11.4. The predicted octanol–water partition coefficient (Wildman–Crippen LogP) is 2.57. The fraction of sp³-hybridized carbons (Fsp3) is 0.462. The van der Waals surface area contributed by atoms with E-state index in [1.165, 1.54) is 12.1 Å². The minimum absolute atomic E-state index is 0.0329. The summed E-state index contributed by atoms with van der Waals surface area (Å²) in [6.45, 7) is 0. The van der Waals surface area contributed by atoms with E-state index in [2.05, 4.69) is 5.32 Å². The highest BCUT2D eigenvalue weighted by Crippen LogP contribution is 2.36. The molecule has 1 aromatic rings. The summed E-state index contributed by atoms with van der Waals surface area (Å²) in [7, 11) is 0. The maximum absolute atomic E-state index is 13.7. The smallest absolute Gasteiger partial charge is 0.183 e. The molecule has 0 radical (unpaired) electrons. The van der Waals surface area contributed by atoms with Crippen molar-refractivity contribution < 1.29 is 13.5 Å². The Hall–Kier alpha value is -1.67. The van der Waals surface area contributed by atoms with Crippen molar-refractivity contribution in [2.45, 2.75) is 37.5 Å². The summed E-state index contributed by atoms with van der Waals surface area (Å²) < 4.78 is 32.8. The number of hydrogen-bond acceptors (Lipinski definition) is 3. The summed E-state index contributed by atoms with van der Waals surface area (Å²) in [5.41, 5.74) is -0.171. The second kappa shape index (κ2) is 4.21. The molecule has 2 aliphatic rings. The molecule has 3 nitrogen and oxygen atoms in total. The number of ether oxygens (including phenoxy) is 1. The van der Waals surface area contributed by atoms with Crippen molar-refractivity contribution in [3.63, 3.8) is 0 Å². The molecule has 0 aliphatic carbocycles. The summed E-state index contributed by atoms with van der Waals surface area (Å²) in [6, 6.07) is 4.34. The van der Waals surface area contributed by atoms with Crippen molar-refractivity contribution in [3.05, 3.63) is 29.3 Å². The van der Waals surface area contributed by atoms with Crippen molar-refractivity contribution in [3.8, 4) is 6.07 Å². The van der Waals surface area contributed by atoms with Crippen LogP contribution in [0.5, 0.6) is 0 Å². The molecule has 3 rings (SSSR count). The molecule has 2 saturated heterocycles. The lowest BCUT2D eigenvalue weighted by molar-refractivity contribution is 0.102. The number of nitriles is 1. The molecule has 3 atom stereocenters. The van der Waals surface area contributed by atoms with Gasteiger partial charge in [-0.15, -0.1) is 0 Å². The standard InChI is InChI=1S/C13H12F2N2O/c14-12-7(6-16)1-3-9(13(12)15)17-10-5-8-2-4-11(10)18-8/h1,3,8,10-11,17H,2,4-5H2. The van der Waals surface area contributed by atoms with Crippen LogP contribution in [0.1, 0.15) is 24.8 Å². The predicted molar refractivity (Wildman–Crippen MR) is 61.0 cm³/mol. The minimum Gasteiger partial charge on any atom is -0.377 e. The second-order valence-electron chi connectivity index (χ2n) is 4.76. The monoisotopic (exact) mass is 250 g/mol. The van der Waals surface area contributed by atoms with Crippen LogP contribution in [0.2, 0.25) is 0 Å². The van der Waals surface area contributed by atoms with Gasteiger partial charge in [-0.2, -0.15) is 5.26 Å². The number of fused-ring (bicyclic) bond motifs is 2. The van der Waals surface area contributed by atoms with E-state index in [0.717, 1.165) is 19.3 Å². The maximum Gasteiger partial charge on any atom is 0.183 e. The number of benzene rings is 1. The van der Waals surface area contributed by atoms with E-state index >= 15 is 0 Å². The molecular formula is C13H12F2N2O. The van der Waals surface area contributed by atoms with Gasteiger partial charge in [0.1, 0.15) is 6.07 Å². The van der Waals surface area contributed by atoms with Gasteiger partial charge in [0.2, 0.25) is 0 Å². The quantitative estimate of drug-likeness (QED) is 0.877. The average Bonchev–Trinajstić information content (AvgIpc) is 2.97. The maximum atomic E-state index is 13.7. The van der Waals surface area contributed by atoms with E-state index < -0.39 is 11.6 Å². The first-order valence-corrected chi connectivity index (χ1v) is 5.99. The number of hydrogen-bond donors (Lipinski definition) is 1. The van der Waals surface area contributed by atoms with Gasteiger partial charge in [0.15, 0.2) is 11.6 Å². The first-order valence-electron chi connectivity index (χ1n) is 5.99. The molecule has 18 heavy (non-hydrogen) atoms. The van der Waals surface area contributed by atoms with Crippen molar-refractivity contribution in [2.75, 3.05) is 5.32 Å². The lowest BCUT2D eigenvalue weighted by Gasteiger charge is -2.21. The van der Waals surface area contributed by atoms with Crippen LogP contribution < -0.4 is 5.32 Å². The van der Waals surface area contributed by atoms with E-state index in [1.54, 1.807) is 6.07 Å². The third-order valence-corrected chi connectivity index (χ3v) is 3.65. The molecule has 2 aliphatic heterocycles. The first-order chi connectivity index (χ1) is 8.69. The Morgan fingerprint density at radius 2 is 2.11 bits per heavy atom. The topological polar surface area (TPSA) is 45.0 Å². The molecule has 0 saturated carbocycles. The summed E-state index contributed by atoms with van der Waals surface area (Å²) in [6.07, 6.45) is 3.17. The third kappa shape index (κ3) is 1.73. The summed E-state index contributed by atoms with van der Waals surface area (Å²) in [4.78, 5) is 0. The second-order valence-corrected chi connectivity index (χ2v) is 4.76. The van der Waals surface area contributed by atoms with Gasteiger partial charge in [-0.1, -0.05) is 0 Å². The van der Waals surface area contributed by atoms with E-state index in [9.17, 15) is 8.78 Å². The van der Waals surface area contributed by atoms with E-state index in [1.807, 2.05) is 0 Å². The van der Waals surface area contributed by atoms with Crippen LogP contribution in [0.25, 0.3) is 0 Å². The van der Waals surface area contributed by atoms with E-state index in [0.29, 0.717) is 0 Å². The van der Waals surface area contributed by atoms with E-state index in [4.69, 9.17) is 10.00 Å². The van der Waals surface area contributed by atoms with Gasteiger partial charge >= 0.3 is 0 Å². The molecule has 0 spiro atoms. The van der Waals surface area contributed by atoms with Gasteiger partial charge in [-0.3, -0.25) is 0 Å². The Balaban J connectivity index is 1.82. The molecule has 5 heteroatoms. The van der Waals surface area contributed by atoms with Crippen molar-refractivity contribution >= 4 is 5.69 Å². The highest BCUT2D eigenvalue weighted by molar-refractivity contribution is 5.50. The highest BCUT2D eigenvalue weighted by Gasteiger charge is 2.41. The summed E-state index contributed by atoms with van der Waals surface area (Å²) >= 11 is 0. The number of nitrogens with one attached hydrogen (secondary N) is 1. The van der Waals surface area contributed by atoms with Gasteiger partial charge in [-0.05, 0) is 31.4 Å². The van der Waals surface area contributed by atoms with Crippen LogP contribution in [0, 0.1) is 23.0 Å². The molecule has 3 unspecified atom stereocenters.